The Morgan fingerprint density at radius 2 is 2.05 bits per heavy atom. The van der Waals surface area contributed by atoms with Crippen LogP contribution in [0.5, 0.6) is 0 Å². The first-order valence-corrected chi connectivity index (χ1v) is 7.48. The van der Waals surface area contributed by atoms with E-state index in [0.29, 0.717) is 13.0 Å². The largest absolute Gasteiger partial charge is 0.469 e. The molecule has 1 saturated heterocycles. The van der Waals surface area contributed by atoms with Crippen LogP contribution >= 0.6 is 0 Å². The van der Waals surface area contributed by atoms with Crippen LogP contribution in [0.2, 0.25) is 0 Å². The van der Waals surface area contributed by atoms with Gasteiger partial charge in [-0.25, -0.2) is 4.79 Å². The molecule has 5 heteroatoms. The molecule has 1 aliphatic heterocycles. The lowest BCUT2D eigenvalue weighted by molar-refractivity contribution is -0.148. The molecule has 120 valence electrons. The smallest absolute Gasteiger partial charge is 0.410 e. The van der Waals surface area contributed by atoms with Crippen LogP contribution in [0.3, 0.4) is 0 Å². The van der Waals surface area contributed by atoms with Gasteiger partial charge in [-0.15, -0.1) is 6.58 Å². The third-order valence-electron chi connectivity index (χ3n) is 3.57. The van der Waals surface area contributed by atoms with Gasteiger partial charge in [0.2, 0.25) is 0 Å². The first-order valence-electron chi connectivity index (χ1n) is 7.48. The molecule has 2 atom stereocenters. The van der Waals surface area contributed by atoms with Crippen LogP contribution in [-0.4, -0.2) is 42.3 Å². The van der Waals surface area contributed by atoms with Crippen molar-refractivity contribution in [2.75, 3.05) is 13.7 Å². The molecule has 0 radical (unpaired) electrons. The molecule has 0 aromatic carbocycles. The number of allylic oxidation sites excluding steroid dienone is 1. The Morgan fingerprint density at radius 3 is 2.57 bits per heavy atom. The van der Waals surface area contributed by atoms with Crippen molar-refractivity contribution >= 4 is 12.1 Å². The number of hydrogen-bond acceptors (Lipinski definition) is 4. The van der Waals surface area contributed by atoms with Crippen LogP contribution < -0.4 is 0 Å². The first-order chi connectivity index (χ1) is 9.80. The second kappa shape index (κ2) is 7.48. The molecule has 0 aromatic rings. The summed E-state index contributed by atoms with van der Waals surface area (Å²) in [5.74, 6) is -0.671. The van der Waals surface area contributed by atoms with Gasteiger partial charge in [0.25, 0.3) is 0 Å². The number of nitrogens with zero attached hydrogens (tertiary/aromatic N) is 1. The number of methoxy groups -OCH3 is 1. The third kappa shape index (κ3) is 5.06. The Kier molecular flexibility index (Phi) is 6.24. The van der Waals surface area contributed by atoms with Crippen molar-refractivity contribution in [3.8, 4) is 0 Å². The van der Waals surface area contributed by atoms with Crippen molar-refractivity contribution in [1.29, 1.82) is 0 Å². The van der Waals surface area contributed by atoms with Gasteiger partial charge in [0.05, 0.1) is 13.0 Å². The maximum atomic E-state index is 12.4. The summed E-state index contributed by atoms with van der Waals surface area (Å²) in [6, 6.07) is -0.181. The van der Waals surface area contributed by atoms with Gasteiger partial charge in [0, 0.05) is 12.6 Å². The van der Waals surface area contributed by atoms with Crippen molar-refractivity contribution in [2.45, 2.75) is 58.1 Å². The summed E-state index contributed by atoms with van der Waals surface area (Å²) < 4.78 is 10.3. The van der Waals surface area contributed by atoms with Gasteiger partial charge in [-0.1, -0.05) is 6.08 Å². The highest BCUT2D eigenvalue weighted by atomic mass is 16.6. The van der Waals surface area contributed by atoms with E-state index in [0.717, 1.165) is 19.3 Å². The molecule has 0 unspecified atom stereocenters. The first kappa shape index (κ1) is 17.5. The van der Waals surface area contributed by atoms with Gasteiger partial charge in [-0.2, -0.15) is 0 Å². The molecule has 0 bridgehead atoms. The average Bonchev–Trinajstić information content (AvgIpc) is 2.42. The summed E-state index contributed by atoms with van der Waals surface area (Å²) in [4.78, 5) is 26.1. The fraction of sp³-hybridized carbons (Fsp3) is 0.750. The van der Waals surface area contributed by atoms with E-state index in [4.69, 9.17) is 9.47 Å². The molecule has 0 N–H and O–H groups in total. The second-order valence-corrected chi connectivity index (χ2v) is 6.39. The molecule has 1 heterocycles. The molecular weight excluding hydrogens is 270 g/mol. The Morgan fingerprint density at radius 1 is 1.38 bits per heavy atom. The van der Waals surface area contributed by atoms with E-state index < -0.39 is 5.60 Å². The number of carbonyl (C=O) groups excluding carboxylic acids is 2. The number of likely N-dealkylation sites (tertiary alicyclic amines) is 1. The predicted octanol–water partition coefficient (Wildman–Crippen LogP) is 3.14. The lowest BCUT2D eigenvalue weighted by Gasteiger charge is -2.39. The molecule has 21 heavy (non-hydrogen) atoms. The fourth-order valence-corrected chi connectivity index (χ4v) is 2.66. The fourth-order valence-electron chi connectivity index (χ4n) is 2.66. The summed E-state index contributed by atoms with van der Waals surface area (Å²) in [5, 5.41) is 0. The predicted molar refractivity (Wildman–Crippen MR) is 80.9 cm³/mol. The maximum Gasteiger partial charge on any atom is 0.410 e. The normalized spacial score (nSPS) is 20.6. The summed E-state index contributed by atoms with van der Waals surface area (Å²) in [6.45, 7) is 9.83. The summed E-state index contributed by atoms with van der Waals surface area (Å²) >= 11 is 0. The van der Waals surface area contributed by atoms with Crippen LogP contribution in [0.25, 0.3) is 0 Å². The lowest BCUT2D eigenvalue weighted by atomic mass is 9.88. The monoisotopic (exact) mass is 297 g/mol. The van der Waals surface area contributed by atoms with Gasteiger partial charge in [-0.3, -0.25) is 4.79 Å². The van der Waals surface area contributed by atoms with E-state index >= 15 is 0 Å². The molecular formula is C16H27NO4. The minimum absolute atomic E-state index is 0.181. The van der Waals surface area contributed by atoms with Gasteiger partial charge >= 0.3 is 12.1 Å². The number of amides is 1. The molecule has 1 fully saturated rings. The quantitative estimate of drug-likeness (QED) is 0.591. The molecule has 1 aliphatic rings. The van der Waals surface area contributed by atoms with Crippen molar-refractivity contribution in [3.63, 3.8) is 0 Å². The molecule has 0 saturated carbocycles. The minimum Gasteiger partial charge on any atom is -0.469 e. The Balaban J connectivity index is 2.91. The summed E-state index contributed by atoms with van der Waals surface area (Å²) in [6.07, 6.45) is 4.55. The highest BCUT2D eigenvalue weighted by Crippen LogP contribution is 2.28. The SMILES string of the molecule is C=CC[C@@H](C(=O)OC)[C@H]1CCCCN1C(=O)OC(C)(C)C. The zero-order valence-corrected chi connectivity index (χ0v) is 13.6. The zero-order chi connectivity index (χ0) is 16.0. The number of carbonyl (C=O) groups is 2. The molecule has 0 aliphatic carbocycles. The number of esters is 1. The average molecular weight is 297 g/mol. The van der Waals surface area contributed by atoms with Gasteiger partial charge in [-0.05, 0) is 46.5 Å². The number of piperidine rings is 1. The van der Waals surface area contributed by atoms with E-state index in [9.17, 15) is 9.59 Å². The Labute approximate surface area is 127 Å². The van der Waals surface area contributed by atoms with Crippen LogP contribution in [0.4, 0.5) is 4.79 Å². The van der Waals surface area contributed by atoms with E-state index in [2.05, 4.69) is 6.58 Å². The molecule has 0 aromatic heterocycles. The Hall–Kier alpha value is -1.52. The van der Waals surface area contributed by atoms with Crippen molar-refractivity contribution in [1.82, 2.24) is 4.90 Å². The minimum atomic E-state index is -0.543. The van der Waals surface area contributed by atoms with Crippen LogP contribution in [0.15, 0.2) is 12.7 Å². The standard InChI is InChI=1S/C16H27NO4/c1-6-9-12(14(18)20-5)13-10-7-8-11-17(13)15(19)21-16(2,3)4/h6,12-13H,1,7-11H2,2-5H3/t12-,13-/m1/s1. The molecule has 5 nitrogen and oxygen atoms in total. The van der Waals surface area contributed by atoms with E-state index in [1.807, 2.05) is 20.8 Å². The van der Waals surface area contributed by atoms with Gasteiger partial charge in [0.1, 0.15) is 5.60 Å². The van der Waals surface area contributed by atoms with Crippen LogP contribution in [0.1, 0.15) is 46.5 Å². The highest BCUT2D eigenvalue weighted by Gasteiger charge is 2.38. The number of rotatable bonds is 4. The van der Waals surface area contributed by atoms with Gasteiger partial charge < -0.3 is 14.4 Å². The Bertz CT molecular complexity index is 386. The van der Waals surface area contributed by atoms with E-state index in [1.54, 1.807) is 11.0 Å². The van der Waals surface area contributed by atoms with E-state index in [-0.39, 0.29) is 24.0 Å². The zero-order valence-electron chi connectivity index (χ0n) is 13.6. The number of ether oxygens (including phenoxy) is 2. The maximum absolute atomic E-state index is 12.4. The summed E-state index contributed by atoms with van der Waals surface area (Å²) in [7, 11) is 1.37. The topological polar surface area (TPSA) is 55.8 Å². The second-order valence-electron chi connectivity index (χ2n) is 6.39. The van der Waals surface area contributed by atoms with Crippen molar-refractivity contribution < 1.29 is 19.1 Å². The summed E-state index contributed by atoms with van der Waals surface area (Å²) in [5.41, 5.74) is -0.543. The van der Waals surface area contributed by atoms with E-state index in [1.165, 1.54) is 7.11 Å². The highest BCUT2D eigenvalue weighted by molar-refractivity contribution is 5.75. The van der Waals surface area contributed by atoms with Crippen molar-refractivity contribution in [2.24, 2.45) is 5.92 Å². The van der Waals surface area contributed by atoms with Crippen LogP contribution in [-0.2, 0) is 14.3 Å². The van der Waals surface area contributed by atoms with Crippen molar-refractivity contribution in [3.05, 3.63) is 12.7 Å². The molecule has 0 spiro atoms. The van der Waals surface area contributed by atoms with Crippen LogP contribution in [0, 0.1) is 5.92 Å². The molecule has 1 rings (SSSR count). The lowest BCUT2D eigenvalue weighted by Crippen LogP contribution is -2.51. The molecule has 1 amide bonds. The van der Waals surface area contributed by atoms with Gasteiger partial charge in [0.15, 0.2) is 0 Å². The third-order valence-corrected chi connectivity index (χ3v) is 3.57. The number of hydrogen-bond donors (Lipinski definition) is 0.